The third kappa shape index (κ3) is 3.99. The third-order valence-electron chi connectivity index (χ3n) is 5.08. The molecule has 150 valence electrons. The van der Waals surface area contributed by atoms with Gasteiger partial charge in [-0.25, -0.2) is 0 Å². The molecule has 1 aliphatic heterocycles. The topological polar surface area (TPSA) is 45.5 Å². The number of halogens is 3. The number of hydrogen-bond acceptors (Lipinski definition) is 3. The number of hydrogen-bond donors (Lipinski definition) is 1. The molecule has 2 heterocycles. The van der Waals surface area contributed by atoms with Crippen molar-refractivity contribution in [3.63, 3.8) is 0 Å². The summed E-state index contributed by atoms with van der Waals surface area (Å²) in [6, 6.07) is 15.8. The number of para-hydroxylation sites is 1. The van der Waals surface area contributed by atoms with Crippen molar-refractivity contribution in [2.75, 3.05) is 18.0 Å². The number of nitrogens with one attached hydrogen (secondary N) is 1. The number of rotatable bonds is 5. The van der Waals surface area contributed by atoms with Crippen LogP contribution in [-0.4, -0.2) is 19.0 Å². The summed E-state index contributed by atoms with van der Waals surface area (Å²) in [5.41, 5.74) is 1.41. The molecule has 1 N–H and O–H groups in total. The Kier molecular flexibility index (Phi) is 5.05. The fourth-order valence-electron chi connectivity index (χ4n) is 3.66. The first kappa shape index (κ1) is 19.1. The van der Waals surface area contributed by atoms with Crippen LogP contribution in [0.4, 0.5) is 18.9 Å². The fourth-order valence-corrected chi connectivity index (χ4v) is 3.66. The van der Waals surface area contributed by atoms with Gasteiger partial charge in [-0.05, 0) is 48.4 Å². The molecule has 0 spiro atoms. The number of carbonyl (C=O) groups is 1. The largest absolute Gasteiger partial charge is 0.467 e. The lowest BCUT2D eigenvalue weighted by Gasteiger charge is -2.29. The number of nitrogens with zero attached hydrogens (tertiary/aromatic N) is 1. The van der Waals surface area contributed by atoms with Crippen LogP contribution in [0.2, 0.25) is 0 Å². The van der Waals surface area contributed by atoms with E-state index in [1.54, 1.807) is 12.3 Å². The highest BCUT2D eigenvalue weighted by Gasteiger charge is 2.32. The predicted octanol–water partition coefficient (Wildman–Crippen LogP) is 4.83. The van der Waals surface area contributed by atoms with E-state index in [2.05, 4.69) is 16.3 Å². The molecule has 0 radical (unpaired) electrons. The minimum absolute atomic E-state index is 0.0279. The van der Waals surface area contributed by atoms with Crippen LogP contribution in [0.5, 0.6) is 0 Å². The zero-order valence-corrected chi connectivity index (χ0v) is 15.4. The Morgan fingerprint density at radius 1 is 1.10 bits per heavy atom. The molecule has 1 atom stereocenters. The average Bonchev–Trinajstić information content (AvgIpc) is 3.38. The summed E-state index contributed by atoms with van der Waals surface area (Å²) in [7, 11) is 0. The van der Waals surface area contributed by atoms with Gasteiger partial charge in [0.2, 0.25) is 0 Å². The molecular formula is C22H19F3N2O2. The van der Waals surface area contributed by atoms with Gasteiger partial charge in [0.1, 0.15) is 11.8 Å². The molecule has 1 aliphatic rings. The number of benzene rings is 2. The van der Waals surface area contributed by atoms with E-state index in [-0.39, 0.29) is 18.2 Å². The van der Waals surface area contributed by atoms with Crippen molar-refractivity contribution < 1.29 is 22.4 Å². The van der Waals surface area contributed by atoms with Crippen LogP contribution in [-0.2, 0) is 12.6 Å². The molecule has 0 aliphatic carbocycles. The Bertz CT molecular complexity index is 999. The summed E-state index contributed by atoms with van der Waals surface area (Å²) >= 11 is 0. The van der Waals surface area contributed by atoms with Crippen molar-refractivity contribution in [2.24, 2.45) is 0 Å². The summed E-state index contributed by atoms with van der Waals surface area (Å²) in [5, 5.41) is 2.77. The van der Waals surface area contributed by atoms with Crippen molar-refractivity contribution in [1.29, 1.82) is 0 Å². The maximum Gasteiger partial charge on any atom is 0.416 e. The Morgan fingerprint density at radius 3 is 2.69 bits per heavy atom. The van der Waals surface area contributed by atoms with E-state index in [4.69, 9.17) is 4.42 Å². The van der Waals surface area contributed by atoms with Crippen LogP contribution in [0.25, 0.3) is 0 Å². The molecule has 0 saturated heterocycles. The normalized spacial score (nSPS) is 14.5. The third-order valence-corrected chi connectivity index (χ3v) is 5.08. The number of amides is 1. The lowest BCUT2D eigenvalue weighted by atomic mass is 10.1. The van der Waals surface area contributed by atoms with Crippen LogP contribution in [0.3, 0.4) is 0 Å². The molecule has 4 rings (SSSR count). The molecule has 3 aromatic rings. The summed E-state index contributed by atoms with van der Waals surface area (Å²) < 4.78 is 44.4. The van der Waals surface area contributed by atoms with Gasteiger partial charge in [-0.15, -0.1) is 0 Å². The minimum atomic E-state index is -4.49. The second-order valence-electron chi connectivity index (χ2n) is 6.89. The maximum absolute atomic E-state index is 12.9. The fraction of sp³-hybridized carbons (Fsp3) is 0.227. The van der Waals surface area contributed by atoms with Crippen molar-refractivity contribution in [3.8, 4) is 0 Å². The van der Waals surface area contributed by atoms with Crippen molar-refractivity contribution in [1.82, 2.24) is 5.32 Å². The van der Waals surface area contributed by atoms with Gasteiger partial charge in [-0.2, -0.15) is 13.2 Å². The van der Waals surface area contributed by atoms with Gasteiger partial charge in [0.25, 0.3) is 5.91 Å². The average molecular weight is 400 g/mol. The second-order valence-corrected chi connectivity index (χ2v) is 6.89. The predicted molar refractivity (Wildman–Crippen MR) is 103 cm³/mol. The van der Waals surface area contributed by atoms with Gasteiger partial charge < -0.3 is 14.6 Å². The molecule has 2 aromatic carbocycles. The van der Waals surface area contributed by atoms with E-state index in [1.807, 2.05) is 24.3 Å². The number of alkyl halides is 3. The second kappa shape index (κ2) is 7.66. The zero-order chi connectivity index (χ0) is 20.4. The van der Waals surface area contributed by atoms with E-state index < -0.39 is 17.6 Å². The van der Waals surface area contributed by atoms with Crippen molar-refractivity contribution >= 4 is 11.6 Å². The first-order valence-electron chi connectivity index (χ1n) is 9.27. The van der Waals surface area contributed by atoms with E-state index in [0.717, 1.165) is 30.8 Å². The van der Waals surface area contributed by atoms with Crippen LogP contribution >= 0.6 is 0 Å². The lowest BCUT2D eigenvalue weighted by molar-refractivity contribution is -0.137. The van der Waals surface area contributed by atoms with Gasteiger partial charge >= 0.3 is 6.18 Å². The summed E-state index contributed by atoms with van der Waals surface area (Å²) in [5.74, 6) is 0.131. The number of fused-ring (bicyclic) bond motifs is 1. The smallest absolute Gasteiger partial charge is 0.416 e. The first-order valence-corrected chi connectivity index (χ1v) is 9.27. The molecule has 7 heteroatoms. The lowest BCUT2D eigenvalue weighted by Crippen LogP contribution is -2.37. The van der Waals surface area contributed by atoms with Crippen LogP contribution in [0.1, 0.15) is 33.3 Å². The Hall–Kier alpha value is -3.22. The molecule has 4 nitrogen and oxygen atoms in total. The number of carbonyl (C=O) groups excluding carboxylic acids is 1. The first-order chi connectivity index (χ1) is 13.9. The van der Waals surface area contributed by atoms with Crippen LogP contribution in [0, 0.1) is 0 Å². The van der Waals surface area contributed by atoms with Gasteiger partial charge in [0.05, 0.1) is 11.8 Å². The van der Waals surface area contributed by atoms with Crippen LogP contribution in [0.15, 0.2) is 71.3 Å². The Morgan fingerprint density at radius 2 is 1.93 bits per heavy atom. The van der Waals surface area contributed by atoms with Crippen molar-refractivity contribution in [3.05, 3.63) is 89.4 Å². The van der Waals surface area contributed by atoms with Gasteiger partial charge in [0.15, 0.2) is 0 Å². The van der Waals surface area contributed by atoms with E-state index in [9.17, 15) is 18.0 Å². The van der Waals surface area contributed by atoms with E-state index >= 15 is 0 Å². The monoisotopic (exact) mass is 400 g/mol. The highest BCUT2D eigenvalue weighted by molar-refractivity contribution is 5.94. The SMILES string of the molecule is O=C(NC[C@H](c1ccco1)N1CCc2ccccc21)c1cccc(C(F)(F)F)c1. The van der Waals surface area contributed by atoms with E-state index in [0.29, 0.717) is 5.76 Å². The zero-order valence-electron chi connectivity index (χ0n) is 15.4. The number of anilines is 1. The van der Waals surface area contributed by atoms with Crippen molar-refractivity contribution in [2.45, 2.75) is 18.6 Å². The van der Waals surface area contributed by atoms with E-state index in [1.165, 1.54) is 17.7 Å². The Labute approximate surface area is 165 Å². The minimum Gasteiger partial charge on any atom is -0.467 e. The highest BCUT2D eigenvalue weighted by Crippen LogP contribution is 2.35. The van der Waals surface area contributed by atoms with Gasteiger partial charge in [-0.3, -0.25) is 4.79 Å². The summed E-state index contributed by atoms with van der Waals surface area (Å²) in [4.78, 5) is 14.7. The standard InChI is InChI=1S/C22H19F3N2O2/c23-22(24,25)17-7-3-6-16(13-17)21(28)26-14-19(20-9-4-12-29-20)27-11-10-15-5-1-2-8-18(15)27/h1-9,12-13,19H,10-11,14H2,(H,26,28)/t19-/m1/s1. The molecule has 0 bridgehead atoms. The quantitative estimate of drug-likeness (QED) is 0.667. The highest BCUT2D eigenvalue weighted by atomic mass is 19.4. The molecule has 1 aromatic heterocycles. The number of furan rings is 1. The maximum atomic E-state index is 12.9. The molecule has 29 heavy (non-hydrogen) atoms. The molecule has 1 amide bonds. The molecule has 0 fully saturated rings. The molecular weight excluding hydrogens is 381 g/mol. The van der Waals surface area contributed by atoms with Crippen LogP contribution < -0.4 is 10.2 Å². The van der Waals surface area contributed by atoms with Gasteiger partial charge in [0, 0.05) is 24.3 Å². The van der Waals surface area contributed by atoms with Gasteiger partial charge in [-0.1, -0.05) is 24.3 Å². The Balaban J connectivity index is 1.54. The summed E-state index contributed by atoms with van der Waals surface area (Å²) in [6.07, 6.45) is -2.04. The molecule has 0 unspecified atom stereocenters. The summed E-state index contributed by atoms with van der Waals surface area (Å²) in [6.45, 7) is 0.973. The molecule has 0 saturated carbocycles.